The summed E-state index contributed by atoms with van der Waals surface area (Å²) in [5.41, 5.74) is 0. The monoisotopic (exact) mass is 931 g/mol. The van der Waals surface area contributed by atoms with Crippen LogP contribution in [-0.4, -0.2) is 110 Å². The number of hydrogen-bond donors (Lipinski definition) is 7. The van der Waals surface area contributed by atoms with E-state index in [1.165, 1.54) is 83.5 Å². The summed E-state index contributed by atoms with van der Waals surface area (Å²) in [6.45, 7) is 3.11. The van der Waals surface area contributed by atoms with Crippen LogP contribution in [0.4, 0.5) is 0 Å². The highest BCUT2D eigenvalue weighted by atomic mass is 31.2. The Morgan fingerprint density at radius 3 is 1.50 bits per heavy atom. The van der Waals surface area contributed by atoms with Crippen LogP contribution in [0.5, 0.6) is 0 Å². The quantitative estimate of drug-likeness (QED) is 0.0132. The van der Waals surface area contributed by atoms with Gasteiger partial charge in [0.25, 0.3) is 0 Å². The maximum absolute atomic E-state index is 12.8. The summed E-state index contributed by atoms with van der Waals surface area (Å²) in [6.07, 6.45) is 29.3. The molecule has 0 saturated heterocycles. The number of aliphatic hydroxyl groups is 6. The van der Waals surface area contributed by atoms with Crippen LogP contribution >= 0.6 is 7.82 Å². The van der Waals surface area contributed by atoms with Gasteiger partial charge < -0.3 is 45.0 Å². The van der Waals surface area contributed by atoms with E-state index in [1.807, 2.05) is 30.4 Å². The van der Waals surface area contributed by atoms with Gasteiger partial charge in [0, 0.05) is 12.8 Å². The van der Waals surface area contributed by atoms with Crippen LogP contribution in [0, 0.1) is 0 Å². The number of allylic oxidation sites excluding steroid dienone is 7. The lowest BCUT2D eigenvalue weighted by Gasteiger charge is -2.41. The number of esters is 2. The molecule has 1 saturated carbocycles. The van der Waals surface area contributed by atoms with Crippen LogP contribution in [0.25, 0.3) is 0 Å². The number of phosphoric acid groups is 1. The Balaban J connectivity index is 2.48. The molecule has 9 atom stereocenters. The average Bonchev–Trinajstić information content (AvgIpc) is 3.27. The van der Waals surface area contributed by atoms with Crippen molar-refractivity contribution in [1.82, 2.24) is 0 Å². The normalized spacial score (nSPS) is 22.5. The summed E-state index contributed by atoms with van der Waals surface area (Å²) < 4.78 is 33.5. The summed E-state index contributed by atoms with van der Waals surface area (Å²) >= 11 is 0. The third kappa shape index (κ3) is 30.9. The molecular weight excluding hydrogens is 843 g/mol. The van der Waals surface area contributed by atoms with Crippen LogP contribution in [0.1, 0.15) is 187 Å². The first kappa shape index (κ1) is 59.8. The van der Waals surface area contributed by atoms with Gasteiger partial charge in [0.05, 0.1) is 12.7 Å². The summed E-state index contributed by atoms with van der Waals surface area (Å²) in [4.78, 5) is 35.7. The van der Waals surface area contributed by atoms with Crippen LogP contribution in [0.2, 0.25) is 0 Å². The van der Waals surface area contributed by atoms with Gasteiger partial charge in [-0.1, -0.05) is 178 Å². The van der Waals surface area contributed by atoms with Gasteiger partial charge in [-0.2, -0.15) is 0 Å². The van der Waals surface area contributed by atoms with Crippen LogP contribution in [0.3, 0.4) is 0 Å². The van der Waals surface area contributed by atoms with Gasteiger partial charge in [0.15, 0.2) is 6.10 Å². The predicted molar refractivity (Wildman–Crippen MR) is 250 cm³/mol. The molecule has 0 heterocycles. The predicted octanol–water partition coefficient (Wildman–Crippen LogP) is 8.92. The number of unbranched alkanes of at least 4 members (excludes halogenated alkanes) is 18. The summed E-state index contributed by atoms with van der Waals surface area (Å²) in [6, 6.07) is 0. The van der Waals surface area contributed by atoms with Gasteiger partial charge in [-0.3, -0.25) is 18.6 Å². The Labute approximate surface area is 384 Å². The molecule has 1 aliphatic rings. The number of rotatable bonds is 40. The lowest BCUT2D eigenvalue weighted by molar-refractivity contribution is -0.220. The second-order valence-corrected chi connectivity index (χ2v) is 18.5. The molecule has 1 aliphatic carbocycles. The molecule has 14 nitrogen and oxygen atoms in total. The van der Waals surface area contributed by atoms with E-state index in [1.54, 1.807) is 0 Å². The third-order valence-electron chi connectivity index (χ3n) is 11.2. The molecule has 0 aromatic carbocycles. The molecule has 0 radical (unpaired) electrons. The minimum absolute atomic E-state index is 0.00456. The van der Waals surface area contributed by atoms with Gasteiger partial charge in [-0.05, 0) is 44.9 Å². The Morgan fingerprint density at radius 2 is 0.984 bits per heavy atom. The van der Waals surface area contributed by atoms with Crippen molar-refractivity contribution in [3.63, 3.8) is 0 Å². The number of phosphoric ester groups is 1. The highest BCUT2D eigenvalue weighted by molar-refractivity contribution is 7.47. The van der Waals surface area contributed by atoms with E-state index in [4.69, 9.17) is 18.5 Å². The summed E-state index contributed by atoms with van der Waals surface area (Å²) in [5.74, 6) is -1.18. The van der Waals surface area contributed by atoms with Crippen LogP contribution in [-0.2, 0) is 32.7 Å². The maximum atomic E-state index is 12.8. The van der Waals surface area contributed by atoms with Gasteiger partial charge >= 0.3 is 19.8 Å². The van der Waals surface area contributed by atoms with Gasteiger partial charge in [-0.15, -0.1) is 0 Å². The molecule has 64 heavy (non-hydrogen) atoms. The number of hydrogen-bond acceptors (Lipinski definition) is 13. The van der Waals surface area contributed by atoms with E-state index in [2.05, 4.69) is 32.1 Å². The zero-order valence-corrected chi connectivity index (χ0v) is 40.1. The van der Waals surface area contributed by atoms with Crippen molar-refractivity contribution >= 4 is 19.8 Å². The van der Waals surface area contributed by atoms with Crippen molar-refractivity contribution in [1.29, 1.82) is 0 Å². The molecule has 0 spiro atoms. The Hall–Kier alpha value is -2.23. The average molecular weight is 931 g/mol. The minimum Gasteiger partial charge on any atom is -0.462 e. The van der Waals surface area contributed by atoms with E-state index >= 15 is 0 Å². The Morgan fingerprint density at radius 1 is 0.547 bits per heavy atom. The van der Waals surface area contributed by atoms with Gasteiger partial charge in [0.1, 0.15) is 43.2 Å². The van der Waals surface area contributed by atoms with E-state index in [0.29, 0.717) is 19.3 Å². The molecule has 15 heteroatoms. The highest BCUT2D eigenvalue weighted by Crippen LogP contribution is 2.47. The number of aliphatic hydroxyl groups excluding tert-OH is 6. The first-order valence-electron chi connectivity index (χ1n) is 24.5. The second-order valence-electron chi connectivity index (χ2n) is 17.1. The fraction of sp³-hybridized carbons (Fsp3) is 0.796. The molecule has 0 aliphatic heterocycles. The number of ether oxygens (including phenoxy) is 2. The van der Waals surface area contributed by atoms with Crippen molar-refractivity contribution in [3.05, 3.63) is 48.6 Å². The first-order valence-corrected chi connectivity index (χ1v) is 26.0. The highest BCUT2D eigenvalue weighted by Gasteiger charge is 2.51. The molecular formula is C49H87O14P. The SMILES string of the molecule is CCCCCCCCCCCCCCCCCCCC(=O)OC[C@H](COP(=O)(O)OC1[C@H](O)[C@H](O)C(O)[C@H](O)[C@H]1O)OC(=O)CCC/C=C\C/C=C\C/C=C\C/C=C\[C@H](O)CCCC. The molecule has 0 aromatic rings. The van der Waals surface area contributed by atoms with Crippen molar-refractivity contribution in [2.45, 2.75) is 236 Å². The summed E-state index contributed by atoms with van der Waals surface area (Å²) in [7, 11) is -5.14. The van der Waals surface area contributed by atoms with Crippen LogP contribution < -0.4 is 0 Å². The molecule has 1 fully saturated rings. The number of carbonyl (C=O) groups is 2. The topological polar surface area (TPSA) is 230 Å². The van der Waals surface area contributed by atoms with Crippen molar-refractivity contribution in [3.8, 4) is 0 Å². The molecule has 0 aromatic heterocycles. The van der Waals surface area contributed by atoms with Gasteiger partial charge in [0.2, 0.25) is 0 Å². The largest absolute Gasteiger partial charge is 0.472 e. The zero-order valence-electron chi connectivity index (χ0n) is 39.2. The number of carbonyl (C=O) groups excluding carboxylic acids is 2. The maximum Gasteiger partial charge on any atom is 0.472 e. The first-order chi connectivity index (χ1) is 30.8. The minimum atomic E-state index is -5.14. The lowest BCUT2D eigenvalue weighted by atomic mass is 9.85. The second kappa shape index (κ2) is 38.8. The third-order valence-corrected chi connectivity index (χ3v) is 12.2. The van der Waals surface area contributed by atoms with E-state index in [-0.39, 0.29) is 18.9 Å². The van der Waals surface area contributed by atoms with E-state index < -0.39 is 75.7 Å². The van der Waals surface area contributed by atoms with Gasteiger partial charge in [-0.25, -0.2) is 4.57 Å². The van der Waals surface area contributed by atoms with E-state index in [9.17, 15) is 49.7 Å². The van der Waals surface area contributed by atoms with Crippen molar-refractivity contribution in [2.24, 2.45) is 0 Å². The molecule has 3 unspecified atom stereocenters. The molecule has 0 amide bonds. The van der Waals surface area contributed by atoms with Crippen LogP contribution in [0.15, 0.2) is 48.6 Å². The molecule has 0 bridgehead atoms. The zero-order chi connectivity index (χ0) is 47.3. The fourth-order valence-corrected chi connectivity index (χ4v) is 8.21. The van der Waals surface area contributed by atoms with Crippen molar-refractivity contribution < 1.29 is 68.2 Å². The Kier molecular flexibility index (Phi) is 36.3. The smallest absolute Gasteiger partial charge is 0.462 e. The standard InChI is InChI=1S/C49H87O14P/c1-3-5-7-8-9-10-11-12-13-14-15-16-20-23-26-29-32-36-42(51)60-38-41(39-61-64(58,59)63-49-47(56)45(54)44(53)46(55)48(49)57)62-43(52)37-33-30-27-24-21-18-17-19-22-25-28-31-35-40(50)34-6-4-2/h17-18,22,24-25,27,31,35,40-41,44-50,53-57H,3-16,19-21,23,26,28-30,32-34,36-39H2,1-2H3,(H,58,59)/b18-17-,25-22-,27-24-,35-31-/t40-,41-,44?,45-,46+,47-,48-,49?/m1/s1. The summed E-state index contributed by atoms with van der Waals surface area (Å²) in [5, 5.41) is 60.0. The molecule has 7 N–H and O–H groups in total. The fourth-order valence-electron chi connectivity index (χ4n) is 7.24. The lowest BCUT2D eigenvalue weighted by Crippen LogP contribution is -2.64. The van der Waals surface area contributed by atoms with E-state index in [0.717, 1.165) is 57.8 Å². The molecule has 372 valence electrons. The molecule has 1 rings (SSSR count). The Bertz CT molecular complexity index is 1320. The van der Waals surface area contributed by atoms with Crippen molar-refractivity contribution in [2.75, 3.05) is 13.2 Å².